The Morgan fingerprint density at radius 2 is 1.27 bits per heavy atom. The zero-order valence-corrected chi connectivity index (χ0v) is 14.4. The van der Waals surface area contributed by atoms with Gasteiger partial charge in [0.1, 0.15) is 0 Å². The number of amides is 2. The maximum absolute atomic E-state index is 12.7. The number of nitrogens with zero attached hydrogens (tertiary/aromatic N) is 1. The van der Waals surface area contributed by atoms with Gasteiger partial charge in [-0.25, -0.2) is 0 Å². The van der Waals surface area contributed by atoms with E-state index in [2.05, 4.69) is 48.5 Å². The molecule has 0 saturated carbocycles. The third-order valence-electron chi connectivity index (χ3n) is 4.09. The molecule has 118 valence electrons. The molecule has 2 rings (SSSR count). The number of fused-ring (bicyclic) bond motifs is 1. The van der Waals surface area contributed by atoms with Crippen LogP contribution in [-0.2, 0) is 0 Å². The van der Waals surface area contributed by atoms with Crippen molar-refractivity contribution in [1.29, 1.82) is 0 Å². The summed E-state index contributed by atoms with van der Waals surface area (Å²) in [6.45, 7) is 16.8. The molecule has 3 heteroatoms. The van der Waals surface area contributed by atoms with E-state index in [9.17, 15) is 9.59 Å². The van der Waals surface area contributed by atoms with Crippen molar-refractivity contribution in [3.63, 3.8) is 0 Å². The molecule has 0 fully saturated rings. The Labute approximate surface area is 133 Å². The highest BCUT2D eigenvalue weighted by atomic mass is 16.2. The summed E-state index contributed by atoms with van der Waals surface area (Å²) < 4.78 is 0. The fourth-order valence-corrected chi connectivity index (χ4v) is 3.74. The second kappa shape index (κ2) is 5.22. The fourth-order valence-electron chi connectivity index (χ4n) is 3.74. The first-order valence-electron chi connectivity index (χ1n) is 7.64. The summed E-state index contributed by atoms with van der Waals surface area (Å²) in [6, 6.07) is 6.49. The Hall–Kier alpha value is -1.64. The van der Waals surface area contributed by atoms with Gasteiger partial charge in [0.25, 0.3) is 11.8 Å². The molecule has 1 aromatic carbocycles. The Morgan fingerprint density at radius 3 is 1.59 bits per heavy atom. The Balaban J connectivity index is 2.44. The normalized spacial score (nSPS) is 17.2. The van der Waals surface area contributed by atoms with E-state index in [1.165, 1.54) is 4.90 Å². The first kappa shape index (κ1) is 16.7. The van der Waals surface area contributed by atoms with Crippen molar-refractivity contribution in [1.82, 2.24) is 4.90 Å². The molecule has 0 aliphatic carbocycles. The van der Waals surface area contributed by atoms with Gasteiger partial charge in [0.05, 0.1) is 11.1 Å². The molecule has 1 unspecified atom stereocenters. The van der Waals surface area contributed by atoms with Crippen LogP contribution in [0.3, 0.4) is 0 Å². The summed E-state index contributed by atoms with van der Waals surface area (Å²) >= 11 is 0. The molecule has 3 nitrogen and oxygen atoms in total. The molecule has 0 N–H and O–H groups in total. The Bertz CT molecular complexity index is 556. The average Bonchev–Trinajstić information content (AvgIpc) is 2.59. The molecule has 1 aliphatic heterocycles. The van der Waals surface area contributed by atoms with Crippen LogP contribution in [0.25, 0.3) is 0 Å². The van der Waals surface area contributed by atoms with Gasteiger partial charge in [0.2, 0.25) is 0 Å². The lowest BCUT2D eigenvalue weighted by atomic mass is 9.63. The van der Waals surface area contributed by atoms with Gasteiger partial charge < -0.3 is 0 Å². The molecule has 2 amide bonds. The summed E-state index contributed by atoms with van der Waals surface area (Å²) in [5.41, 5.74) is 0.645. The predicted molar refractivity (Wildman–Crippen MR) is 88.2 cm³/mol. The number of carbonyl (C=O) groups is 2. The quantitative estimate of drug-likeness (QED) is 0.769. The number of benzene rings is 1. The van der Waals surface area contributed by atoms with Crippen LogP contribution >= 0.6 is 0 Å². The topological polar surface area (TPSA) is 37.4 Å². The van der Waals surface area contributed by atoms with Crippen LogP contribution in [0.4, 0.5) is 0 Å². The molecule has 1 aromatic rings. The van der Waals surface area contributed by atoms with Gasteiger partial charge in [-0.15, -0.1) is 0 Å². The van der Waals surface area contributed by atoms with Gasteiger partial charge in [0.15, 0.2) is 0 Å². The summed E-state index contributed by atoms with van der Waals surface area (Å²) in [7, 11) is 0. The van der Waals surface area contributed by atoms with E-state index in [1.54, 1.807) is 24.3 Å². The predicted octanol–water partition coefficient (Wildman–Crippen LogP) is 4.15. The number of carbonyl (C=O) groups excluding carboxylic acids is 2. The van der Waals surface area contributed by atoms with Crippen molar-refractivity contribution < 1.29 is 9.59 Å². The van der Waals surface area contributed by atoms with Gasteiger partial charge in [-0.3, -0.25) is 14.5 Å². The minimum Gasteiger partial charge on any atom is -0.271 e. The summed E-state index contributed by atoms with van der Waals surface area (Å²) in [5, 5.41) is 0. The van der Waals surface area contributed by atoms with Crippen LogP contribution in [0.1, 0.15) is 62.3 Å². The van der Waals surface area contributed by atoms with Crippen molar-refractivity contribution in [3.05, 3.63) is 48.2 Å². The fraction of sp³-hybridized carbons (Fsp3) is 0.474. The molecule has 1 aliphatic rings. The zero-order valence-electron chi connectivity index (χ0n) is 14.4. The van der Waals surface area contributed by atoms with Gasteiger partial charge in [-0.1, -0.05) is 53.7 Å². The molecule has 0 bridgehead atoms. The largest absolute Gasteiger partial charge is 0.271 e. The van der Waals surface area contributed by atoms with Gasteiger partial charge in [0, 0.05) is 12.0 Å². The summed E-state index contributed by atoms with van der Waals surface area (Å²) in [5.74, 6) is 0.604. The van der Waals surface area contributed by atoms with E-state index in [0.717, 1.165) is 5.92 Å². The zero-order chi connectivity index (χ0) is 16.9. The van der Waals surface area contributed by atoms with Crippen LogP contribution in [0.5, 0.6) is 0 Å². The van der Waals surface area contributed by atoms with Gasteiger partial charge in [-0.2, -0.15) is 0 Å². The van der Waals surface area contributed by atoms with Crippen LogP contribution in [0, 0.1) is 23.7 Å². The first-order valence-corrected chi connectivity index (χ1v) is 7.64. The number of hydrogen-bond acceptors (Lipinski definition) is 2. The molecule has 22 heavy (non-hydrogen) atoms. The van der Waals surface area contributed by atoms with Crippen molar-refractivity contribution >= 4 is 11.8 Å². The second-order valence-electron chi connectivity index (χ2n) is 7.96. The average molecular weight is 299 g/mol. The molecule has 0 aromatic heterocycles. The highest BCUT2D eigenvalue weighted by Gasteiger charge is 2.47. The van der Waals surface area contributed by atoms with Crippen LogP contribution in [-0.4, -0.2) is 22.8 Å². The highest BCUT2D eigenvalue weighted by molar-refractivity contribution is 6.21. The molecule has 1 atom stereocenters. The third-order valence-corrected chi connectivity index (χ3v) is 4.09. The number of hydrogen-bond donors (Lipinski definition) is 0. The highest BCUT2D eigenvalue weighted by Crippen LogP contribution is 2.46. The standard InChI is InChI=1S/C19H25NO2/c1-12(15(18(2,3)4)19(5,6)7)20-16(21)13-10-8-9-11-14(13)17(20)22/h8-12H,1H2,2-7H3. The Morgan fingerprint density at radius 1 is 0.909 bits per heavy atom. The number of rotatable bonds is 2. The minimum absolute atomic E-state index is 0.153. The molecular formula is C19H25NO2. The first-order chi connectivity index (χ1) is 9.96. The van der Waals surface area contributed by atoms with Crippen LogP contribution in [0.2, 0.25) is 0 Å². The molecule has 1 heterocycles. The molecule has 2 radical (unpaired) electrons. The smallest absolute Gasteiger partial charge is 0.261 e. The van der Waals surface area contributed by atoms with E-state index >= 15 is 0 Å². The van der Waals surface area contributed by atoms with Crippen molar-refractivity contribution in [2.24, 2.45) is 10.8 Å². The van der Waals surface area contributed by atoms with E-state index < -0.39 is 6.04 Å². The van der Waals surface area contributed by atoms with Gasteiger partial charge >= 0.3 is 0 Å². The maximum atomic E-state index is 12.7. The van der Waals surface area contributed by atoms with E-state index in [0.29, 0.717) is 11.1 Å². The molecule has 0 saturated heterocycles. The van der Waals surface area contributed by atoms with E-state index in [-0.39, 0.29) is 22.6 Å². The van der Waals surface area contributed by atoms with E-state index in [1.807, 2.05) is 0 Å². The molecule has 0 spiro atoms. The molecular weight excluding hydrogens is 274 g/mol. The van der Waals surface area contributed by atoms with E-state index in [4.69, 9.17) is 0 Å². The minimum atomic E-state index is -0.479. The summed E-state index contributed by atoms with van der Waals surface area (Å²) in [6.07, 6.45) is 0. The number of imide groups is 1. The lowest BCUT2D eigenvalue weighted by Crippen LogP contribution is -2.49. The van der Waals surface area contributed by atoms with Crippen LogP contribution < -0.4 is 0 Å². The lowest BCUT2D eigenvalue weighted by molar-refractivity contribution is 0.0573. The second-order valence-corrected chi connectivity index (χ2v) is 7.96. The Kier molecular flexibility index (Phi) is 3.97. The van der Waals surface area contributed by atoms with Crippen molar-refractivity contribution in [2.75, 3.05) is 0 Å². The maximum Gasteiger partial charge on any atom is 0.261 e. The lowest BCUT2D eigenvalue weighted by Gasteiger charge is -2.46. The van der Waals surface area contributed by atoms with Crippen molar-refractivity contribution in [3.8, 4) is 0 Å². The van der Waals surface area contributed by atoms with Gasteiger partial charge in [-0.05, 0) is 29.9 Å². The summed E-state index contributed by atoms with van der Waals surface area (Å²) in [4.78, 5) is 26.6. The van der Waals surface area contributed by atoms with Crippen LogP contribution in [0.15, 0.2) is 24.3 Å². The third kappa shape index (κ3) is 2.69. The monoisotopic (exact) mass is 299 g/mol. The van der Waals surface area contributed by atoms with Crippen molar-refractivity contribution in [2.45, 2.75) is 47.6 Å². The SMILES string of the molecule is [CH2]C([C](C(C)(C)C)C(C)(C)C)N1C(=O)c2ccccc2C1=O.